The smallest absolute Gasteiger partial charge is 0.234 e. The minimum absolute atomic E-state index is 0.249. The summed E-state index contributed by atoms with van der Waals surface area (Å²) in [5, 5.41) is 1.15. The molecule has 0 aliphatic heterocycles. The molecule has 1 rings (SSSR count). The Hall–Kier alpha value is -1.43. The second-order valence-electron chi connectivity index (χ2n) is 3.31. The van der Waals surface area contributed by atoms with Crippen LogP contribution < -0.4 is 10.5 Å². The van der Waals surface area contributed by atoms with E-state index in [1.807, 2.05) is 30.3 Å². The molecule has 0 saturated heterocycles. The van der Waals surface area contributed by atoms with E-state index in [2.05, 4.69) is 4.72 Å². The molecule has 0 bridgehead atoms. The molecular formula is C12H16N2O2S. The van der Waals surface area contributed by atoms with Gasteiger partial charge in [0.1, 0.15) is 0 Å². The fraction of sp³-hybridized carbons (Fsp3) is 0.167. The van der Waals surface area contributed by atoms with Gasteiger partial charge in [0.15, 0.2) is 0 Å². The molecule has 92 valence electrons. The van der Waals surface area contributed by atoms with Crippen LogP contribution in [0.5, 0.6) is 0 Å². The van der Waals surface area contributed by atoms with Crippen molar-refractivity contribution in [3.05, 3.63) is 53.5 Å². The molecule has 3 N–H and O–H groups in total. The second-order valence-corrected chi connectivity index (χ2v) is 4.96. The number of rotatable bonds is 6. The lowest BCUT2D eigenvalue weighted by molar-refractivity contribution is 0.595. The summed E-state index contributed by atoms with van der Waals surface area (Å²) in [6.07, 6.45) is 4.92. The highest BCUT2D eigenvalue weighted by Crippen LogP contribution is 2.02. The predicted octanol–water partition coefficient (Wildman–Crippen LogP) is 1.09. The number of sulfonamides is 1. The van der Waals surface area contributed by atoms with Gasteiger partial charge >= 0.3 is 0 Å². The van der Waals surface area contributed by atoms with Crippen LogP contribution in [-0.4, -0.2) is 21.5 Å². The normalized spacial score (nSPS) is 12.5. The van der Waals surface area contributed by atoms with E-state index < -0.39 is 10.0 Å². The highest BCUT2D eigenvalue weighted by molar-refractivity contribution is 7.92. The minimum atomic E-state index is -3.38. The molecule has 0 amide bonds. The van der Waals surface area contributed by atoms with Gasteiger partial charge in [-0.25, -0.2) is 13.1 Å². The molecule has 0 aliphatic carbocycles. The summed E-state index contributed by atoms with van der Waals surface area (Å²) < 4.78 is 25.4. The van der Waals surface area contributed by atoms with E-state index in [0.717, 1.165) is 11.0 Å². The van der Waals surface area contributed by atoms with Crippen LogP contribution >= 0.6 is 0 Å². The van der Waals surface area contributed by atoms with Gasteiger partial charge in [-0.15, -0.1) is 0 Å². The van der Waals surface area contributed by atoms with Gasteiger partial charge in [0.05, 0.1) is 0 Å². The maximum absolute atomic E-state index is 11.5. The van der Waals surface area contributed by atoms with Crippen molar-refractivity contribution in [3.63, 3.8) is 0 Å². The molecular weight excluding hydrogens is 236 g/mol. The van der Waals surface area contributed by atoms with E-state index in [-0.39, 0.29) is 6.54 Å². The van der Waals surface area contributed by atoms with Crippen molar-refractivity contribution < 1.29 is 8.42 Å². The number of nitrogens with two attached hydrogens (primary N) is 1. The van der Waals surface area contributed by atoms with Crippen molar-refractivity contribution in [2.75, 3.05) is 13.1 Å². The van der Waals surface area contributed by atoms with Gasteiger partial charge in [-0.2, -0.15) is 0 Å². The SMILES string of the molecule is NC/C=C/CNS(=O)(=O)/C=C/c1ccccc1. The Morgan fingerprint density at radius 1 is 1.18 bits per heavy atom. The Labute approximate surface area is 102 Å². The first-order valence-electron chi connectivity index (χ1n) is 5.22. The van der Waals surface area contributed by atoms with E-state index in [1.54, 1.807) is 18.2 Å². The third kappa shape index (κ3) is 6.01. The zero-order chi connectivity index (χ0) is 12.6. The van der Waals surface area contributed by atoms with Crippen LogP contribution in [0.25, 0.3) is 6.08 Å². The second kappa shape index (κ2) is 7.01. The molecule has 0 radical (unpaired) electrons. The molecule has 0 aliphatic rings. The van der Waals surface area contributed by atoms with Crippen molar-refractivity contribution in [3.8, 4) is 0 Å². The lowest BCUT2D eigenvalue weighted by atomic mass is 10.2. The van der Waals surface area contributed by atoms with Crippen molar-refractivity contribution in [2.45, 2.75) is 0 Å². The van der Waals surface area contributed by atoms with Crippen LogP contribution in [0.1, 0.15) is 5.56 Å². The van der Waals surface area contributed by atoms with Crippen molar-refractivity contribution in [1.82, 2.24) is 4.72 Å². The summed E-state index contributed by atoms with van der Waals surface area (Å²) in [5.74, 6) is 0. The Balaban J connectivity index is 2.55. The Bertz CT molecular complexity index is 478. The fourth-order valence-electron chi connectivity index (χ4n) is 1.12. The number of benzene rings is 1. The zero-order valence-electron chi connectivity index (χ0n) is 9.41. The molecule has 0 atom stereocenters. The maximum Gasteiger partial charge on any atom is 0.234 e. The van der Waals surface area contributed by atoms with Gasteiger partial charge in [-0.05, 0) is 11.6 Å². The van der Waals surface area contributed by atoms with Crippen molar-refractivity contribution >= 4 is 16.1 Å². The Morgan fingerprint density at radius 3 is 2.53 bits per heavy atom. The first-order valence-corrected chi connectivity index (χ1v) is 6.76. The van der Waals surface area contributed by atoms with E-state index in [1.165, 1.54) is 0 Å². The van der Waals surface area contributed by atoms with E-state index in [4.69, 9.17) is 5.73 Å². The molecule has 17 heavy (non-hydrogen) atoms. The summed E-state index contributed by atoms with van der Waals surface area (Å²) >= 11 is 0. The summed E-state index contributed by atoms with van der Waals surface area (Å²) in [5.41, 5.74) is 6.08. The standard InChI is InChI=1S/C12H16N2O2S/c13-9-4-5-10-14-17(15,16)11-8-12-6-2-1-3-7-12/h1-8,11,14H,9-10,13H2/b5-4+,11-8+. The Morgan fingerprint density at radius 2 is 1.88 bits per heavy atom. The van der Waals surface area contributed by atoms with Gasteiger partial charge in [0, 0.05) is 18.5 Å². The van der Waals surface area contributed by atoms with Gasteiger partial charge in [0.25, 0.3) is 0 Å². The molecule has 5 heteroatoms. The quantitative estimate of drug-likeness (QED) is 0.744. The van der Waals surface area contributed by atoms with Crippen LogP contribution in [0.4, 0.5) is 0 Å². The first-order chi connectivity index (χ1) is 8.14. The Kier molecular flexibility index (Phi) is 5.62. The maximum atomic E-state index is 11.5. The van der Waals surface area contributed by atoms with Crippen LogP contribution in [0.15, 0.2) is 47.9 Å². The summed E-state index contributed by atoms with van der Waals surface area (Å²) in [7, 11) is -3.38. The number of hydrogen-bond donors (Lipinski definition) is 2. The number of hydrogen-bond acceptors (Lipinski definition) is 3. The highest BCUT2D eigenvalue weighted by Gasteiger charge is 2.01. The zero-order valence-corrected chi connectivity index (χ0v) is 10.2. The van der Waals surface area contributed by atoms with E-state index >= 15 is 0 Å². The summed E-state index contributed by atoms with van der Waals surface area (Å²) in [6.45, 7) is 0.653. The van der Waals surface area contributed by atoms with Crippen LogP contribution in [0.3, 0.4) is 0 Å². The lowest BCUT2D eigenvalue weighted by Crippen LogP contribution is -2.21. The van der Waals surface area contributed by atoms with Crippen molar-refractivity contribution in [1.29, 1.82) is 0 Å². The number of nitrogens with one attached hydrogen (secondary N) is 1. The van der Waals surface area contributed by atoms with Crippen LogP contribution in [0, 0.1) is 0 Å². The third-order valence-electron chi connectivity index (χ3n) is 1.94. The molecule has 0 unspecified atom stereocenters. The molecule has 1 aromatic rings. The average Bonchev–Trinajstić information content (AvgIpc) is 2.34. The molecule has 0 saturated carbocycles. The molecule has 4 nitrogen and oxygen atoms in total. The topological polar surface area (TPSA) is 72.2 Å². The van der Waals surface area contributed by atoms with Gasteiger partial charge in [0.2, 0.25) is 10.0 Å². The van der Waals surface area contributed by atoms with E-state index in [0.29, 0.717) is 6.54 Å². The monoisotopic (exact) mass is 252 g/mol. The molecule has 0 fully saturated rings. The highest BCUT2D eigenvalue weighted by atomic mass is 32.2. The molecule has 0 spiro atoms. The molecule has 1 aromatic carbocycles. The van der Waals surface area contributed by atoms with Gasteiger partial charge < -0.3 is 5.73 Å². The lowest BCUT2D eigenvalue weighted by Gasteiger charge is -1.98. The van der Waals surface area contributed by atoms with Crippen LogP contribution in [-0.2, 0) is 10.0 Å². The third-order valence-corrected chi connectivity index (χ3v) is 3.01. The summed E-state index contributed by atoms with van der Waals surface area (Å²) in [6, 6.07) is 9.25. The molecule has 0 heterocycles. The average molecular weight is 252 g/mol. The van der Waals surface area contributed by atoms with E-state index in [9.17, 15) is 8.42 Å². The minimum Gasteiger partial charge on any atom is -0.327 e. The summed E-state index contributed by atoms with van der Waals surface area (Å²) in [4.78, 5) is 0. The van der Waals surface area contributed by atoms with Gasteiger partial charge in [-0.1, -0.05) is 42.5 Å². The molecule has 0 aromatic heterocycles. The van der Waals surface area contributed by atoms with Crippen LogP contribution in [0.2, 0.25) is 0 Å². The predicted molar refractivity (Wildman–Crippen MR) is 70.6 cm³/mol. The first kappa shape index (κ1) is 13.6. The van der Waals surface area contributed by atoms with Crippen molar-refractivity contribution in [2.24, 2.45) is 5.73 Å². The largest absolute Gasteiger partial charge is 0.327 e. The van der Waals surface area contributed by atoms with Gasteiger partial charge in [-0.3, -0.25) is 0 Å². The fourth-order valence-corrected chi connectivity index (χ4v) is 1.89.